The first-order chi connectivity index (χ1) is 6.72. The van der Waals surface area contributed by atoms with E-state index in [0.717, 1.165) is 11.1 Å². The number of hydrogen-bond donors (Lipinski definition) is 1. The van der Waals surface area contributed by atoms with Gasteiger partial charge in [-0.2, -0.15) is 0 Å². The molecule has 2 atom stereocenters. The highest BCUT2D eigenvalue weighted by Gasteiger charge is 2.44. The zero-order chi connectivity index (χ0) is 10.1. The molecule has 2 unspecified atom stereocenters. The zero-order valence-corrected chi connectivity index (χ0v) is 7.66. The van der Waals surface area contributed by atoms with Crippen LogP contribution in [0.15, 0.2) is 24.3 Å². The van der Waals surface area contributed by atoms with Crippen LogP contribution >= 0.6 is 0 Å². The molecule has 1 aliphatic carbocycles. The molecule has 1 saturated carbocycles. The van der Waals surface area contributed by atoms with Gasteiger partial charge in [0, 0.05) is 5.92 Å². The van der Waals surface area contributed by atoms with Crippen molar-refractivity contribution in [3.63, 3.8) is 0 Å². The lowest BCUT2D eigenvalue weighted by Crippen LogP contribution is -1.95. The van der Waals surface area contributed by atoms with Crippen LogP contribution in [0.5, 0.6) is 0 Å². The summed E-state index contributed by atoms with van der Waals surface area (Å²) in [6, 6.07) is 7.27. The van der Waals surface area contributed by atoms with E-state index in [1.165, 1.54) is 0 Å². The van der Waals surface area contributed by atoms with Crippen LogP contribution in [0, 0.1) is 5.92 Å². The van der Waals surface area contributed by atoms with Crippen molar-refractivity contribution < 1.29 is 13.9 Å². The molecule has 0 spiro atoms. The number of halogens is 2. The van der Waals surface area contributed by atoms with E-state index >= 15 is 0 Å². The Morgan fingerprint density at radius 2 is 2.21 bits per heavy atom. The average molecular weight is 198 g/mol. The molecule has 1 aromatic rings. The monoisotopic (exact) mass is 198 g/mol. The van der Waals surface area contributed by atoms with Gasteiger partial charge in [0.2, 0.25) is 6.43 Å². The molecule has 0 saturated heterocycles. The Kier molecular flexibility index (Phi) is 2.50. The molecule has 1 aliphatic rings. The minimum atomic E-state index is -2.21. The third kappa shape index (κ3) is 1.77. The summed E-state index contributed by atoms with van der Waals surface area (Å²) in [5, 5.41) is 8.89. The highest BCUT2D eigenvalue weighted by atomic mass is 19.3. The molecule has 1 aromatic carbocycles. The van der Waals surface area contributed by atoms with E-state index in [4.69, 9.17) is 5.11 Å². The first kappa shape index (κ1) is 9.59. The summed E-state index contributed by atoms with van der Waals surface area (Å²) < 4.78 is 24.6. The van der Waals surface area contributed by atoms with Crippen LogP contribution < -0.4 is 0 Å². The second-order valence-electron chi connectivity index (χ2n) is 3.74. The average Bonchev–Trinajstić information content (AvgIpc) is 2.97. The lowest BCUT2D eigenvalue weighted by molar-refractivity contribution is 0.120. The molecule has 0 amide bonds. The Balaban J connectivity index is 2.11. The largest absolute Gasteiger partial charge is 0.392 e. The maximum atomic E-state index is 12.3. The number of alkyl halides is 2. The highest BCUT2D eigenvalue weighted by molar-refractivity contribution is 5.30. The maximum Gasteiger partial charge on any atom is 0.242 e. The Bertz CT molecular complexity index is 325. The first-order valence-corrected chi connectivity index (χ1v) is 4.70. The van der Waals surface area contributed by atoms with Crippen LogP contribution in [0.25, 0.3) is 0 Å². The topological polar surface area (TPSA) is 20.2 Å². The molecule has 0 heterocycles. The number of aliphatic hydroxyl groups is 1. The van der Waals surface area contributed by atoms with Crippen molar-refractivity contribution in [3.8, 4) is 0 Å². The molecule has 76 valence electrons. The fraction of sp³-hybridized carbons (Fsp3) is 0.455. The fourth-order valence-electron chi connectivity index (χ4n) is 1.80. The number of benzene rings is 1. The summed E-state index contributed by atoms with van der Waals surface area (Å²) in [6.07, 6.45) is -1.63. The Hall–Kier alpha value is -0.960. The van der Waals surface area contributed by atoms with Gasteiger partial charge in [-0.15, -0.1) is 0 Å². The summed E-state index contributed by atoms with van der Waals surface area (Å²) in [5.74, 6) is -0.467. The third-order valence-electron chi connectivity index (χ3n) is 2.73. The van der Waals surface area contributed by atoms with Crippen LogP contribution in [0.3, 0.4) is 0 Å². The second kappa shape index (κ2) is 3.65. The molecule has 14 heavy (non-hydrogen) atoms. The molecule has 0 aliphatic heterocycles. The second-order valence-corrected chi connectivity index (χ2v) is 3.74. The number of rotatable bonds is 3. The Morgan fingerprint density at radius 3 is 2.79 bits per heavy atom. The van der Waals surface area contributed by atoms with E-state index in [1.54, 1.807) is 6.07 Å². The summed E-state index contributed by atoms with van der Waals surface area (Å²) in [4.78, 5) is 0. The summed E-state index contributed by atoms with van der Waals surface area (Å²) in [6.45, 7) is -0.0279. The predicted molar refractivity (Wildman–Crippen MR) is 49.2 cm³/mol. The fourth-order valence-corrected chi connectivity index (χ4v) is 1.80. The standard InChI is InChI=1S/C11H12F2O/c12-11(13)10-5-9(10)8-3-1-2-7(4-8)6-14/h1-4,9-11,14H,5-6H2. The SMILES string of the molecule is OCc1cccc(C2CC2C(F)F)c1. The number of aliphatic hydroxyl groups excluding tert-OH is 1. The quantitative estimate of drug-likeness (QED) is 0.791. The van der Waals surface area contributed by atoms with E-state index in [2.05, 4.69) is 0 Å². The van der Waals surface area contributed by atoms with Crippen LogP contribution in [0.4, 0.5) is 8.78 Å². The molecule has 0 aromatic heterocycles. The zero-order valence-electron chi connectivity index (χ0n) is 7.66. The van der Waals surface area contributed by atoms with Gasteiger partial charge < -0.3 is 5.11 Å². The summed E-state index contributed by atoms with van der Waals surface area (Å²) in [5.41, 5.74) is 1.73. The molecule has 1 nitrogen and oxygen atoms in total. The van der Waals surface area contributed by atoms with Crippen molar-refractivity contribution in [2.45, 2.75) is 25.4 Å². The van der Waals surface area contributed by atoms with Crippen LogP contribution in [-0.2, 0) is 6.61 Å². The Labute approximate surface area is 81.4 Å². The molecule has 3 heteroatoms. The molecular formula is C11H12F2O. The van der Waals surface area contributed by atoms with Gasteiger partial charge >= 0.3 is 0 Å². The van der Waals surface area contributed by atoms with Crippen LogP contribution in [0.1, 0.15) is 23.5 Å². The van der Waals surface area contributed by atoms with Crippen molar-refractivity contribution >= 4 is 0 Å². The van der Waals surface area contributed by atoms with Gasteiger partial charge in [-0.3, -0.25) is 0 Å². The van der Waals surface area contributed by atoms with Crippen molar-refractivity contribution in [3.05, 3.63) is 35.4 Å². The minimum absolute atomic E-state index is 0.00139. The van der Waals surface area contributed by atoms with Crippen molar-refractivity contribution in [1.29, 1.82) is 0 Å². The molecule has 0 radical (unpaired) electrons. The van der Waals surface area contributed by atoms with Gasteiger partial charge in [0.25, 0.3) is 0 Å². The maximum absolute atomic E-state index is 12.3. The van der Waals surface area contributed by atoms with Crippen LogP contribution in [-0.4, -0.2) is 11.5 Å². The Morgan fingerprint density at radius 1 is 1.43 bits per heavy atom. The summed E-state index contributed by atoms with van der Waals surface area (Å²) in [7, 11) is 0. The van der Waals surface area contributed by atoms with E-state index in [-0.39, 0.29) is 12.5 Å². The smallest absolute Gasteiger partial charge is 0.242 e. The van der Waals surface area contributed by atoms with Gasteiger partial charge in [-0.05, 0) is 23.5 Å². The van der Waals surface area contributed by atoms with Crippen molar-refractivity contribution in [2.24, 2.45) is 5.92 Å². The van der Waals surface area contributed by atoms with Crippen molar-refractivity contribution in [2.75, 3.05) is 0 Å². The van der Waals surface area contributed by atoms with Gasteiger partial charge in [0.15, 0.2) is 0 Å². The van der Waals surface area contributed by atoms with E-state index < -0.39 is 12.3 Å². The lowest BCUT2D eigenvalue weighted by Gasteiger charge is -2.02. The predicted octanol–water partition coefficient (Wildman–Crippen LogP) is 2.55. The van der Waals surface area contributed by atoms with Crippen LogP contribution in [0.2, 0.25) is 0 Å². The van der Waals surface area contributed by atoms with Gasteiger partial charge in [0.05, 0.1) is 6.61 Å². The minimum Gasteiger partial charge on any atom is -0.392 e. The van der Waals surface area contributed by atoms with Gasteiger partial charge in [0.1, 0.15) is 0 Å². The normalized spacial score (nSPS) is 25.4. The van der Waals surface area contributed by atoms with Gasteiger partial charge in [-0.25, -0.2) is 8.78 Å². The number of hydrogen-bond acceptors (Lipinski definition) is 1. The van der Waals surface area contributed by atoms with Crippen molar-refractivity contribution in [1.82, 2.24) is 0 Å². The highest BCUT2D eigenvalue weighted by Crippen LogP contribution is 2.50. The molecule has 1 N–H and O–H groups in total. The molecular weight excluding hydrogens is 186 g/mol. The third-order valence-corrected chi connectivity index (χ3v) is 2.73. The first-order valence-electron chi connectivity index (χ1n) is 4.70. The van der Waals surface area contributed by atoms with E-state index in [0.29, 0.717) is 6.42 Å². The van der Waals surface area contributed by atoms with Gasteiger partial charge in [-0.1, -0.05) is 24.3 Å². The molecule has 0 bridgehead atoms. The van der Waals surface area contributed by atoms with E-state index in [1.807, 2.05) is 18.2 Å². The summed E-state index contributed by atoms with van der Waals surface area (Å²) >= 11 is 0. The van der Waals surface area contributed by atoms with E-state index in [9.17, 15) is 8.78 Å². The molecule has 2 rings (SSSR count). The lowest BCUT2D eigenvalue weighted by atomic mass is 10.1. The molecule has 1 fully saturated rings.